The normalized spacial score (nSPS) is 10.5. The number of hydrogen-bond acceptors (Lipinski definition) is 3. The summed E-state index contributed by atoms with van der Waals surface area (Å²) in [6.45, 7) is 4.11. The standard InChI is InChI=1S/C14H20N4/c1-10-6-7-12(8-13(10)17(3)4)16-14-15-11(2)9-18(14)5/h6-9H,1-5H3,(H,15,16). The van der Waals surface area contributed by atoms with Gasteiger partial charge in [0.25, 0.3) is 0 Å². The van der Waals surface area contributed by atoms with Crippen LogP contribution < -0.4 is 10.2 Å². The highest BCUT2D eigenvalue weighted by Crippen LogP contribution is 2.24. The van der Waals surface area contributed by atoms with Gasteiger partial charge in [-0.1, -0.05) is 6.07 Å². The van der Waals surface area contributed by atoms with Crippen molar-refractivity contribution < 1.29 is 0 Å². The van der Waals surface area contributed by atoms with Gasteiger partial charge in [-0.25, -0.2) is 4.98 Å². The fraction of sp³-hybridized carbons (Fsp3) is 0.357. The van der Waals surface area contributed by atoms with Gasteiger partial charge in [-0.3, -0.25) is 0 Å². The van der Waals surface area contributed by atoms with Gasteiger partial charge in [0.05, 0.1) is 5.69 Å². The highest BCUT2D eigenvalue weighted by molar-refractivity contribution is 5.65. The van der Waals surface area contributed by atoms with Crippen LogP contribution in [0.3, 0.4) is 0 Å². The Balaban J connectivity index is 2.30. The van der Waals surface area contributed by atoms with Crippen LogP contribution in [0.2, 0.25) is 0 Å². The molecule has 18 heavy (non-hydrogen) atoms. The van der Waals surface area contributed by atoms with E-state index in [0.29, 0.717) is 0 Å². The summed E-state index contributed by atoms with van der Waals surface area (Å²) < 4.78 is 1.99. The van der Waals surface area contributed by atoms with Crippen molar-refractivity contribution in [2.24, 2.45) is 7.05 Å². The predicted octanol–water partition coefficient (Wildman–Crippen LogP) is 2.85. The van der Waals surface area contributed by atoms with E-state index in [1.54, 1.807) is 0 Å². The largest absolute Gasteiger partial charge is 0.377 e. The van der Waals surface area contributed by atoms with E-state index < -0.39 is 0 Å². The number of aromatic nitrogens is 2. The van der Waals surface area contributed by atoms with Gasteiger partial charge in [-0.15, -0.1) is 0 Å². The van der Waals surface area contributed by atoms with Crippen LogP contribution in [0.25, 0.3) is 0 Å². The Kier molecular flexibility index (Phi) is 3.28. The zero-order chi connectivity index (χ0) is 13.3. The highest BCUT2D eigenvalue weighted by Gasteiger charge is 2.05. The predicted molar refractivity (Wildman–Crippen MR) is 76.7 cm³/mol. The smallest absolute Gasteiger partial charge is 0.207 e. The molecule has 1 aromatic heterocycles. The number of nitrogens with one attached hydrogen (secondary N) is 1. The topological polar surface area (TPSA) is 33.1 Å². The monoisotopic (exact) mass is 244 g/mol. The van der Waals surface area contributed by atoms with E-state index in [4.69, 9.17) is 0 Å². The molecule has 96 valence electrons. The Morgan fingerprint density at radius 1 is 1.22 bits per heavy atom. The third-order valence-corrected chi connectivity index (χ3v) is 2.94. The summed E-state index contributed by atoms with van der Waals surface area (Å²) in [6, 6.07) is 6.33. The first kappa shape index (κ1) is 12.5. The maximum Gasteiger partial charge on any atom is 0.207 e. The molecule has 1 heterocycles. The molecular formula is C14H20N4. The zero-order valence-corrected chi connectivity index (χ0v) is 11.7. The van der Waals surface area contributed by atoms with Crippen LogP contribution >= 0.6 is 0 Å². The summed E-state index contributed by atoms with van der Waals surface area (Å²) in [6.07, 6.45) is 2.00. The molecule has 0 atom stereocenters. The van der Waals surface area contributed by atoms with Crippen molar-refractivity contribution in [3.05, 3.63) is 35.7 Å². The first-order chi connectivity index (χ1) is 8.47. The van der Waals surface area contributed by atoms with E-state index in [1.165, 1.54) is 11.3 Å². The number of nitrogens with zero attached hydrogens (tertiary/aromatic N) is 3. The maximum absolute atomic E-state index is 4.44. The van der Waals surface area contributed by atoms with Gasteiger partial charge in [-0.05, 0) is 31.5 Å². The fourth-order valence-corrected chi connectivity index (χ4v) is 2.03. The molecule has 0 saturated heterocycles. The number of hydrogen-bond donors (Lipinski definition) is 1. The molecule has 2 rings (SSSR count). The summed E-state index contributed by atoms with van der Waals surface area (Å²) in [7, 11) is 6.09. The Labute approximate surface area is 108 Å². The number of benzene rings is 1. The molecule has 2 aromatic rings. The minimum Gasteiger partial charge on any atom is -0.377 e. The van der Waals surface area contributed by atoms with Crippen molar-refractivity contribution in [3.63, 3.8) is 0 Å². The molecule has 0 amide bonds. The highest BCUT2D eigenvalue weighted by atomic mass is 15.2. The molecule has 0 aliphatic carbocycles. The quantitative estimate of drug-likeness (QED) is 0.901. The van der Waals surface area contributed by atoms with Gasteiger partial charge in [0.15, 0.2) is 0 Å². The lowest BCUT2D eigenvalue weighted by atomic mass is 10.1. The molecule has 0 spiro atoms. The van der Waals surface area contributed by atoms with Crippen molar-refractivity contribution in [2.75, 3.05) is 24.3 Å². The summed E-state index contributed by atoms with van der Waals surface area (Å²) in [4.78, 5) is 6.56. The molecular weight excluding hydrogens is 224 g/mol. The molecule has 1 N–H and O–H groups in total. The molecule has 0 aliphatic heterocycles. The van der Waals surface area contributed by atoms with Crippen molar-refractivity contribution in [1.29, 1.82) is 0 Å². The van der Waals surface area contributed by atoms with Crippen LogP contribution in [0.15, 0.2) is 24.4 Å². The Hall–Kier alpha value is -1.97. The van der Waals surface area contributed by atoms with E-state index in [0.717, 1.165) is 17.3 Å². The first-order valence-electron chi connectivity index (χ1n) is 6.02. The lowest BCUT2D eigenvalue weighted by molar-refractivity contribution is 0.923. The van der Waals surface area contributed by atoms with Gasteiger partial charge in [-0.2, -0.15) is 0 Å². The SMILES string of the molecule is Cc1cn(C)c(Nc2ccc(C)c(N(C)C)c2)n1. The molecule has 0 saturated carbocycles. The van der Waals surface area contributed by atoms with E-state index in [2.05, 4.69) is 54.4 Å². The Bertz CT molecular complexity index is 555. The van der Waals surface area contributed by atoms with Crippen molar-refractivity contribution >= 4 is 17.3 Å². The number of rotatable bonds is 3. The second-order valence-corrected chi connectivity index (χ2v) is 4.84. The van der Waals surface area contributed by atoms with E-state index in [-0.39, 0.29) is 0 Å². The molecule has 4 nitrogen and oxygen atoms in total. The van der Waals surface area contributed by atoms with E-state index in [9.17, 15) is 0 Å². The Morgan fingerprint density at radius 2 is 1.94 bits per heavy atom. The van der Waals surface area contributed by atoms with Gasteiger partial charge < -0.3 is 14.8 Å². The molecule has 1 aromatic carbocycles. The first-order valence-corrected chi connectivity index (χ1v) is 6.02. The Morgan fingerprint density at radius 3 is 2.50 bits per heavy atom. The summed E-state index contributed by atoms with van der Waals surface area (Å²) >= 11 is 0. The van der Waals surface area contributed by atoms with Crippen molar-refractivity contribution in [1.82, 2.24) is 9.55 Å². The number of imidazole rings is 1. The van der Waals surface area contributed by atoms with Crippen LogP contribution in [-0.2, 0) is 7.05 Å². The van der Waals surface area contributed by atoms with E-state index >= 15 is 0 Å². The van der Waals surface area contributed by atoms with Crippen LogP contribution in [-0.4, -0.2) is 23.6 Å². The molecule has 4 heteroatoms. The molecule has 0 radical (unpaired) electrons. The lowest BCUT2D eigenvalue weighted by Crippen LogP contribution is -2.10. The van der Waals surface area contributed by atoms with Crippen molar-refractivity contribution in [2.45, 2.75) is 13.8 Å². The molecule has 0 unspecified atom stereocenters. The summed E-state index contributed by atoms with van der Waals surface area (Å²) in [5, 5.41) is 3.34. The van der Waals surface area contributed by atoms with Gasteiger partial charge >= 0.3 is 0 Å². The van der Waals surface area contributed by atoms with Gasteiger partial charge in [0, 0.05) is 38.7 Å². The second-order valence-electron chi connectivity index (χ2n) is 4.84. The molecule has 0 fully saturated rings. The second kappa shape index (κ2) is 4.72. The number of anilines is 3. The number of aryl methyl sites for hydroxylation is 3. The van der Waals surface area contributed by atoms with Crippen LogP contribution in [0.5, 0.6) is 0 Å². The third kappa shape index (κ3) is 2.47. The minimum absolute atomic E-state index is 0.862. The zero-order valence-electron chi connectivity index (χ0n) is 11.7. The van der Waals surface area contributed by atoms with Crippen molar-refractivity contribution in [3.8, 4) is 0 Å². The summed E-state index contributed by atoms with van der Waals surface area (Å²) in [5.41, 5.74) is 4.55. The molecule has 0 aliphatic rings. The van der Waals surface area contributed by atoms with Gasteiger partial charge in [0.1, 0.15) is 0 Å². The fourth-order valence-electron chi connectivity index (χ4n) is 2.03. The summed E-state index contributed by atoms with van der Waals surface area (Å²) in [5.74, 6) is 0.862. The van der Waals surface area contributed by atoms with Crippen LogP contribution in [0.1, 0.15) is 11.3 Å². The van der Waals surface area contributed by atoms with E-state index in [1.807, 2.05) is 24.7 Å². The average molecular weight is 244 g/mol. The lowest BCUT2D eigenvalue weighted by Gasteiger charge is -2.17. The average Bonchev–Trinajstić information content (AvgIpc) is 2.60. The maximum atomic E-state index is 4.44. The molecule has 0 bridgehead atoms. The van der Waals surface area contributed by atoms with Crippen LogP contribution in [0.4, 0.5) is 17.3 Å². The van der Waals surface area contributed by atoms with Gasteiger partial charge in [0.2, 0.25) is 5.95 Å². The van der Waals surface area contributed by atoms with Crippen LogP contribution in [0, 0.1) is 13.8 Å². The third-order valence-electron chi connectivity index (χ3n) is 2.94. The minimum atomic E-state index is 0.862.